The van der Waals surface area contributed by atoms with Crippen molar-refractivity contribution in [1.82, 2.24) is 5.32 Å². The summed E-state index contributed by atoms with van der Waals surface area (Å²) in [7, 11) is 1.72. The van der Waals surface area contributed by atoms with Crippen molar-refractivity contribution in [3.8, 4) is 0 Å². The van der Waals surface area contributed by atoms with Gasteiger partial charge in [-0.2, -0.15) is 0 Å². The molecular formula is C14H20N2O3. The maximum atomic E-state index is 12.1. The van der Waals surface area contributed by atoms with Crippen LogP contribution in [0.4, 0.5) is 5.69 Å². The van der Waals surface area contributed by atoms with E-state index in [1.807, 2.05) is 18.2 Å². The van der Waals surface area contributed by atoms with Gasteiger partial charge in [-0.05, 0) is 38.9 Å². The number of carbonyl (C=O) groups is 2. The number of amides is 1. The Morgan fingerprint density at radius 1 is 1.26 bits per heavy atom. The monoisotopic (exact) mass is 264 g/mol. The number of carboxylic acids is 1. The molecule has 0 fully saturated rings. The van der Waals surface area contributed by atoms with Crippen LogP contribution in [0, 0.1) is 0 Å². The summed E-state index contributed by atoms with van der Waals surface area (Å²) >= 11 is 0. The lowest BCUT2D eigenvalue weighted by Crippen LogP contribution is -2.48. The summed E-state index contributed by atoms with van der Waals surface area (Å²) in [6, 6.07) is 7.24. The molecule has 0 aromatic heterocycles. The molecule has 1 amide bonds. The van der Waals surface area contributed by atoms with Gasteiger partial charge in [0.15, 0.2) is 0 Å². The molecule has 1 rings (SSSR count). The number of carbonyl (C=O) groups excluding carboxylic acids is 1. The van der Waals surface area contributed by atoms with Crippen molar-refractivity contribution in [2.75, 3.05) is 12.4 Å². The van der Waals surface area contributed by atoms with E-state index in [0.717, 1.165) is 5.56 Å². The number of anilines is 1. The second-order valence-electron chi connectivity index (χ2n) is 4.88. The van der Waals surface area contributed by atoms with Crippen molar-refractivity contribution in [3.05, 3.63) is 29.8 Å². The summed E-state index contributed by atoms with van der Waals surface area (Å²) in [6.45, 7) is 3.56. The number of hydrogen-bond donors (Lipinski definition) is 3. The van der Waals surface area contributed by atoms with E-state index in [1.165, 1.54) is 0 Å². The molecule has 1 aromatic rings. The first kappa shape index (κ1) is 15.2. The first-order valence-electron chi connectivity index (χ1n) is 6.17. The first-order valence-corrected chi connectivity index (χ1v) is 6.17. The number of para-hydroxylation sites is 1. The molecule has 5 heteroatoms. The fourth-order valence-electron chi connectivity index (χ4n) is 1.49. The largest absolute Gasteiger partial charge is 0.481 e. The van der Waals surface area contributed by atoms with Gasteiger partial charge in [0.25, 0.3) is 0 Å². The zero-order valence-electron chi connectivity index (χ0n) is 11.5. The Hall–Kier alpha value is -1.88. The van der Waals surface area contributed by atoms with Gasteiger partial charge in [-0.3, -0.25) is 9.59 Å². The minimum Gasteiger partial charge on any atom is -0.481 e. The van der Waals surface area contributed by atoms with Crippen LogP contribution in [-0.2, 0) is 16.0 Å². The molecular weight excluding hydrogens is 244 g/mol. The van der Waals surface area contributed by atoms with Gasteiger partial charge < -0.3 is 15.7 Å². The van der Waals surface area contributed by atoms with Crippen LogP contribution >= 0.6 is 0 Å². The smallest absolute Gasteiger partial charge is 0.303 e. The van der Waals surface area contributed by atoms with E-state index in [4.69, 9.17) is 5.11 Å². The molecule has 0 bridgehead atoms. The van der Waals surface area contributed by atoms with Crippen molar-refractivity contribution >= 4 is 17.6 Å². The van der Waals surface area contributed by atoms with Crippen LogP contribution in [0.5, 0.6) is 0 Å². The second kappa shape index (κ2) is 6.33. The molecule has 19 heavy (non-hydrogen) atoms. The summed E-state index contributed by atoms with van der Waals surface area (Å²) in [5, 5.41) is 14.5. The van der Waals surface area contributed by atoms with Crippen LogP contribution < -0.4 is 10.6 Å². The molecule has 0 aliphatic carbocycles. The van der Waals surface area contributed by atoms with Crippen molar-refractivity contribution < 1.29 is 14.7 Å². The Kier molecular flexibility index (Phi) is 5.06. The molecule has 0 saturated carbocycles. The van der Waals surface area contributed by atoms with E-state index < -0.39 is 11.5 Å². The number of hydrogen-bond acceptors (Lipinski definition) is 3. The van der Waals surface area contributed by atoms with Crippen LogP contribution in [0.3, 0.4) is 0 Å². The maximum Gasteiger partial charge on any atom is 0.303 e. The number of nitrogens with one attached hydrogen (secondary N) is 2. The zero-order valence-corrected chi connectivity index (χ0v) is 11.5. The quantitative estimate of drug-likeness (QED) is 0.730. The van der Waals surface area contributed by atoms with Crippen LogP contribution in [0.15, 0.2) is 24.3 Å². The van der Waals surface area contributed by atoms with Crippen LogP contribution in [0.2, 0.25) is 0 Å². The predicted molar refractivity (Wildman–Crippen MR) is 74.2 cm³/mol. The summed E-state index contributed by atoms with van der Waals surface area (Å²) in [5.74, 6) is -1.01. The summed E-state index contributed by atoms with van der Waals surface area (Å²) < 4.78 is 0. The van der Waals surface area contributed by atoms with Gasteiger partial charge in [0, 0.05) is 12.1 Å². The fourth-order valence-corrected chi connectivity index (χ4v) is 1.49. The van der Waals surface area contributed by atoms with Gasteiger partial charge in [-0.25, -0.2) is 0 Å². The lowest BCUT2D eigenvalue weighted by Gasteiger charge is -2.23. The molecule has 0 spiro atoms. The topological polar surface area (TPSA) is 78.4 Å². The number of carboxylic acid groups (broad SMARTS) is 1. The predicted octanol–water partition coefficient (Wildman–Crippen LogP) is 1.64. The lowest BCUT2D eigenvalue weighted by atomic mass is 10.0. The Morgan fingerprint density at radius 3 is 2.47 bits per heavy atom. The van der Waals surface area contributed by atoms with Gasteiger partial charge >= 0.3 is 5.97 Å². The molecule has 0 saturated heterocycles. The van der Waals surface area contributed by atoms with Gasteiger partial charge in [0.05, 0.1) is 5.54 Å². The summed E-state index contributed by atoms with van der Waals surface area (Å²) in [6.07, 6.45) is 0.439. The minimum atomic E-state index is -0.850. The van der Waals surface area contributed by atoms with Crippen LogP contribution in [0.1, 0.15) is 25.8 Å². The van der Waals surface area contributed by atoms with Crippen molar-refractivity contribution in [3.63, 3.8) is 0 Å². The highest BCUT2D eigenvalue weighted by Gasteiger charge is 2.25. The van der Waals surface area contributed by atoms with E-state index >= 15 is 0 Å². The third kappa shape index (κ3) is 4.37. The van der Waals surface area contributed by atoms with Gasteiger partial charge in [0.1, 0.15) is 0 Å². The Morgan fingerprint density at radius 2 is 1.89 bits per heavy atom. The molecule has 0 atom stereocenters. The standard InChI is InChI=1S/C14H20N2O3/c1-14(2,15-3)13(19)16-11-7-5-4-6-10(11)8-9-12(17)18/h4-7,15H,8-9H2,1-3H3,(H,16,19)(H,17,18). The van der Waals surface area contributed by atoms with Crippen LogP contribution in [-0.4, -0.2) is 29.6 Å². The van der Waals surface area contributed by atoms with Crippen molar-refractivity contribution in [2.45, 2.75) is 32.2 Å². The van der Waals surface area contributed by atoms with E-state index in [-0.39, 0.29) is 12.3 Å². The molecule has 0 heterocycles. The number of aliphatic carboxylic acids is 1. The number of benzene rings is 1. The van der Waals surface area contributed by atoms with E-state index in [2.05, 4.69) is 10.6 Å². The minimum absolute atomic E-state index is 0.0440. The van der Waals surface area contributed by atoms with Crippen LogP contribution in [0.25, 0.3) is 0 Å². The SMILES string of the molecule is CNC(C)(C)C(=O)Nc1ccccc1CCC(=O)O. The van der Waals surface area contributed by atoms with Gasteiger partial charge in [0.2, 0.25) is 5.91 Å². The molecule has 104 valence electrons. The Labute approximate surface area is 113 Å². The number of aryl methyl sites for hydroxylation is 1. The maximum absolute atomic E-state index is 12.1. The van der Waals surface area contributed by atoms with Gasteiger partial charge in [-0.15, -0.1) is 0 Å². The van der Waals surface area contributed by atoms with E-state index in [1.54, 1.807) is 27.0 Å². The first-order chi connectivity index (χ1) is 8.86. The normalized spacial score (nSPS) is 11.1. The summed E-state index contributed by atoms with van der Waals surface area (Å²) in [4.78, 5) is 22.7. The Bertz CT molecular complexity index is 470. The van der Waals surface area contributed by atoms with E-state index in [9.17, 15) is 9.59 Å². The molecule has 0 unspecified atom stereocenters. The second-order valence-corrected chi connectivity index (χ2v) is 4.88. The number of likely N-dealkylation sites (N-methyl/N-ethyl adjacent to an activating group) is 1. The number of rotatable bonds is 6. The molecule has 0 aliphatic rings. The molecule has 0 radical (unpaired) electrons. The average Bonchev–Trinajstić information content (AvgIpc) is 2.37. The van der Waals surface area contributed by atoms with Crippen molar-refractivity contribution in [1.29, 1.82) is 0 Å². The molecule has 0 aliphatic heterocycles. The summed E-state index contributed by atoms with van der Waals surface area (Å²) in [5.41, 5.74) is 0.808. The van der Waals surface area contributed by atoms with Crippen molar-refractivity contribution in [2.24, 2.45) is 0 Å². The third-order valence-corrected chi connectivity index (χ3v) is 3.07. The highest BCUT2D eigenvalue weighted by atomic mass is 16.4. The van der Waals surface area contributed by atoms with E-state index in [0.29, 0.717) is 12.1 Å². The highest BCUT2D eigenvalue weighted by Crippen LogP contribution is 2.18. The molecule has 5 nitrogen and oxygen atoms in total. The molecule has 3 N–H and O–H groups in total. The fraction of sp³-hybridized carbons (Fsp3) is 0.429. The van der Waals surface area contributed by atoms with Gasteiger partial charge in [-0.1, -0.05) is 18.2 Å². The third-order valence-electron chi connectivity index (χ3n) is 3.07. The molecule has 1 aromatic carbocycles. The average molecular weight is 264 g/mol. The lowest BCUT2D eigenvalue weighted by molar-refractivity contribution is -0.137. The Balaban J connectivity index is 2.83. The zero-order chi connectivity index (χ0) is 14.5. The highest BCUT2D eigenvalue weighted by molar-refractivity contribution is 5.98.